The Hall–Kier alpha value is -0.870. The smallest absolute Gasteiger partial charge is 0.303 e. The van der Waals surface area contributed by atoms with Crippen LogP contribution in [0, 0.1) is 5.92 Å². The van der Waals surface area contributed by atoms with E-state index >= 15 is 0 Å². The van der Waals surface area contributed by atoms with E-state index in [1.165, 1.54) is 4.88 Å². The Labute approximate surface area is 112 Å². The molecule has 1 aromatic rings. The van der Waals surface area contributed by atoms with Gasteiger partial charge in [0.05, 0.1) is 0 Å². The van der Waals surface area contributed by atoms with Crippen LogP contribution in [0.5, 0.6) is 0 Å². The Morgan fingerprint density at radius 2 is 2.50 bits per heavy atom. The minimum Gasteiger partial charge on any atom is -0.481 e. The third kappa shape index (κ3) is 3.33. The Bertz CT molecular complexity index is 377. The van der Waals surface area contributed by atoms with E-state index in [0.29, 0.717) is 18.4 Å². The van der Waals surface area contributed by atoms with Crippen molar-refractivity contribution in [1.29, 1.82) is 0 Å². The zero-order chi connectivity index (χ0) is 13.0. The molecular formula is C14H21NO2S. The summed E-state index contributed by atoms with van der Waals surface area (Å²) < 4.78 is 0. The molecule has 4 heteroatoms. The molecule has 0 aromatic carbocycles. The van der Waals surface area contributed by atoms with Gasteiger partial charge in [-0.3, -0.25) is 9.69 Å². The molecule has 2 unspecified atom stereocenters. The highest BCUT2D eigenvalue weighted by Gasteiger charge is 2.27. The van der Waals surface area contributed by atoms with Gasteiger partial charge < -0.3 is 5.11 Å². The third-order valence-electron chi connectivity index (χ3n) is 3.71. The number of hydrogen-bond acceptors (Lipinski definition) is 3. The first-order valence-corrected chi connectivity index (χ1v) is 7.58. The van der Waals surface area contributed by atoms with Crippen LogP contribution in [0.4, 0.5) is 0 Å². The topological polar surface area (TPSA) is 40.5 Å². The highest BCUT2D eigenvalue weighted by molar-refractivity contribution is 7.10. The molecule has 0 radical (unpaired) electrons. The lowest BCUT2D eigenvalue weighted by Crippen LogP contribution is -2.38. The maximum atomic E-state index is 10.8. The van der Waals surface area contributed by atoms with Gasteiger partial charge in [0.15, 0.2) is 0 Å². The highest BCUT2D eigenvalue weighted by Crippen LogP contribution is 2.32. The summed E-state index contributed by atoms with van der Waals surface area (Å²) in [4.78, 5) is 14.7. The van der Waals surface area contributed by atoms with Crippen LogP contribution < -0.4 is 0 Å². The van der Waals surface area contributed by atoms with Crippen LogP contribution in [0.15, 0.2) is 17.5 Å². The summed E-state index contributed by atoms with van der Waals surface area (Å²) in [6, 6.07) is 4.77. The number of aliphatic carboxylic acids is 1. The molecule has 2 heterocycles. The highest BCUT2D eigenvalue weighted by atomic mass is 32.1. The predicted molar refractivity (Wildman–Crippen MR) is 73.9 cm³/mol. The molecule has 1 saturated heterocycles. The largest absolute Gasteiger partial charge is 0.481 e. The molecule has 100 valence electrons. The van der Waals surface area contributed by atoms with Gasteiger partial charge in [-0.05, 0) is 43.2 Å². The molecule has 2 rings (SSSR count). The van der Waals surface area contributed by atoms with Gasteiger partial charge in [-0.2, -0.15) is 0 Å². The van der Waals surface area contributed by atoms with E-state index in [1.54, 1.807) is 11.3 Å². The van der Waals surface area contributed by atoms with Gasteiger partial charge in [0.2, 0.25) is 0 Å². The average Bonchev–Trinajstić information content (AvgIpc) is 2.83. The van der Waals surface area contributed by atoms with Crippen molar-refractivity contribution in [2.45, 2.75) is 38.6 Å². The Kier molecular flexibility index (Phi) is 4.78. The summed E-state index contributed by atoms with van der Waals surface area (Å²) in [5.74, 6) is -0.337. The molecule has 1 aromatic heterocycles. The fraction of sp³-hybridized carbons (Fsp3) is 0.643. The SMILES string of the molecule is CCC(c1cccs1)N1CCCC(CC(=O)O)C1. The fourth-order valence-electron chi connectivity index (χ4n) is 2.91. The van der Waals surface area contributed by atoms with E-state index in [0.717, 1.165) is 32.4 Å². The number of piperidine rings is 1. The van der Waals surface area contributed by atoms with Gasteiger partial charge in [-0.15, -0.1) is 11.3 Å². The zero-order valence-corrected chi connectivity index (χ0v) is 11.7. The van der Waals surface area contributed by atoms with E-state index in [9.17, 15) is 4.79 Å². The van der Waals surface area contributed by atoms with Gasteiger partial charge >= 0.3 is 5.97 Å². The van der Waals surface area contributed by atoms with Crippen LogP contribution in [0.2, 0.25) is 0 Å². The quantitative estimate of drug-likeness (QED) is 0.889. The summed E-state index contributed by atoms with van der Waals surface area (Å²) in [6.45, 7) is 4.25. The maximum Gasteiger partial charge on any atom is 0.303 e. The molecule has 0 spiro atoms. The van der Waals surface area contributed by atoms with Gasteiger partial charge in [-0.1, -0.05) is 13.0 Å². The van der Waals surface area contributed by atoms with Gasteiger partial charge in [0, 0.05) is 23.9 Å². The second kappa shape index (κ2) is 6.34. The maximum absolute atomic E-state index is 10.8. The zero-order valence-electron chi connectivity index (χ0n) is 10.8. The molecular weight excluding hydrogens is 246 g/mol. The van der Waals surface area contributed by atoms with Crippen LogP contribution in [-0.4, -0.2) is 29.1 Å². The first-order valence-electron chi connectivity index (χ1n) is 6.70. The molecule has 18 heavy (non-hydrogen) atoms. The molecule has 1 fully saturated rings. The van der Waals surface area contributed by atoms with Crippen molar-refractivity contribution in [1.82, 2.24) is 4.90 Å². The number of likely N-dealkylation sites (tertiary alicyclic amines) is 1. The molecule has 0 saturated carbocycles. The number of carbonyl (C=O) groups is 1. The number of rotatable bonds is 5. The van der Waals surface area contributed by atoms with Crippen LogP contribution >= 0.6 is 11.3 Å². The van der Waals surface area contributed by atoms with Crippen molar-refractivity contribution >= 4 is 17.3 Å². The summed E-state index contributed by atoms with van der Waals surface area (Å²) in [6.07, 6.45) is 3.60. The van der Waals surface area contributed by atoms with Gasteiger partial charge in [0.1, 0.15) is 0 Å². The minimum absolute atomic E-state index is 0.317. The third-order valence-corrected chi connectivity index (χ3v) is 4.69. The molecule has 3 nitrogen and oxygen atoms in total. The van der Waals surface area contributed by atoms with Crippen LogP contribution in [0.25, 0.3) is 0 Å². The van der Waals surface area contributed by atoms with E-state index in [4.69, 9.17) is 5.11 Å². The molecule has 0 aliphatic carbocycles. The lowest BCUT2D eigenvalue weighted by Gasteiger charge is -2.37. The second-order valence-electron chi connectivity index (χ2n) is 5.04. The summed E-state index contributed by atoms with van der Waals surface area (Å²) >= 11 is 1.81. The lowest BCUT2D eigenvalue weighted by molar-refractivity contribution is -0.138. The molecule has 1 N–H and O–H groups in total. The Balaban J connectivity index is 2.00. The molecule has 0 amide bonds. The lowest BCUT2D eigenvalue weighted by atomic mass is 9.93. The Morgan fingerprint density at radius 3 is 3.11 bits per heavy atom. The Morgan fingerprint density at radius 1 is 1.67 bits per heavy atom. The van der Waals surface area contributed by atoms with Gasteiger partial charge in [0.25, 0.3) is 0 Å². The van der Waals surface area contributed by atoms with Crippen molar-refractivity contribution in [2.75, 3.05) is 13.1 Å². The standard InChI is InChI=1S/C14H21NO2S/c1-2-12(13-6-4-8-18-13)15-7-3-5-11(10-15)9-14(16)17/h4,6,8,11-12H,2-3,5,7,9-10H2,1H3,(H,16,17). The second-order valence-corrected chi connectivity index (χ2v) is 6.02. The molecule has 0 bridgehead atoms. The van der Waals surface area contributed by atoms with Crippen LogP contribution in [-0.2, 0) is 4.79 Å². The van der Waals surface area contributed by atoms with E-state index in [1.807, 2.05) is 0 Å². The van der Waals surface area contributed by atoms with E-state index in [-0.39, 0.29) is 0 Å². The normalized spacial score (nSPS) is 22.8. The average molecular weight is 267 g/mol. The first kappa shape index (κ1) is 13.6. The van der Waals surface area contributed by atoms with Crippen molar-refractivity contribution in [2.24, 2.45) is 5.92 Å². The number of thiophene rings is 1. The monoisotopic (exact) mass is 267 g/mol. The van der Waals surface area contributed by atoms with Crippen molar-refractivity contribution in [3.8, 4) is 0 Å². The predicted octanol–water partition coefficient (Wildman–Crippen LogP) is 3.39. The first-order chi connectivity index (χ1) is 8.70. The van der Waals surface area contributed by atoms with Crippen molar-refractivity contribution in [3.05, 3.63) is 22.4 Å². The van der Waals surface area contributed by atoms with Crippen LogP contribution in [0.3, 0.4) is 0 Å². The summed E-state index contributed by atoms with van der Waals surface area (Å²) in [7, 11) is 0. The number of nitrogens with zero attached hydrogens (tertiary/aromatic N) is 1. The molecule has 1 aliphatic rings. The van der Waals surface area contributed by atoms with Crippen molar-refractivity contribution < 1.29 is 9.90 Å². The molecule has 1 aliphatic heterocycles. The number of carboxylic acid groups (broad SMARTS) is 1. The van der Waals surface area contributed by atoms with Crippen LogP contribution in [0.1, 0.15) is 43.5 Å². The number of hydrogen-bond donors (Lipinski definition) is 1. The van der Waals surface area contributed by atoms with Crippen molar-refractivity contribution in [3.63, 3.8) is 0 Å². The number of carboxylic acids is 1. The molecule has 2 atom stereocenters. The minimum atomic E-state index is -0.661. The van der Waals surface area contributed by atoms with E-state index in [2.05, 4.69) is 29.3 Å². The van der Waals surface area contributed by atoms with Gasteiger partial charge in [-0.25, -0.2) is 0 Å². The van der Waals surface area contributed by atoms with E-state index < -0.39 is 5.97 Å². The fourth-order valence-corrected chi connectivity index (χ4v) is 3.86. The summed E-state index contributed by atoms with van der Waals surface area (Å²) in [5.41, 5.74) is 0. The summed E-state index contributed by atoms with van der Waals surface area (Å²) in [5, 5.41) is 11.0.